The van der Waals surface area contributed by atoms with Gasteiger partial charge in [-0.05, 0) is 114 Å². The summed E-state index contributed by atoms with van der Waals surface area (Å²) in [4.78, 5) is 44.6. The van der Waals surface area contributed by atoms with Crippen LogP contribution >= 0.6 is 0 Å². The number of aromatic nitrogens is 4. The number of halogens is 2. The third-order valence-corrected chi connectivity index (χ3v) is 13.3. The summed E-state index contributed by atoms with van der Waals surface area (Å²) in [5.74, 6) is -3.95. The molecule has 14 nitrogen and oxygen atoms in total. The fraction of sp³-hybridized carbons (Fsp3) is 0.467. The maximum absolute atomic E-state index is 15.2. The van der Waals surface area contributed by atoms with Crippen LogP contribution < -0.4 is 15.5 Å². The minimum Gasteiger partial charge on any atom is -0.386 e. The Balaban J connectivity index is 0.778. The Hall–Kier alpha value is -5.76. The number of carbonyl (C=O) groups is 3. The zero-order valence-electron chi connectivity index (χ0n) is 34.4. The van der Waals surface area contributed by atoms with Gasteiger partial charge in [0.05, 0.1) is 40.4 Å². The van der Waals surface area contributed by atoms with Gasteiger partial charge in [0.25, 0.3) is 5.91 Å². The van der Waals surface area contributed by atoms with Crippen molar-refractivity contribution >= 4 is 45.5 Å². The second-order valence-corrected chi connectivity index (χ2v) is 17.6. The van der Waals surface area contributed by atoms with Crippen LogP contribution in [0.4, 0.5) is 20.2 Å². The second-order valence-electron chi connectivity index (χ2n) is 17.6. The number of benzene rings is 2. The van der Waals surface area contributed by atoms with Crippen molar-refractivity contribution in [3.63, 3.8) is 0 Å². The highest BCUT2D eigenvalue weighted by molar-refractivity contribution is 6.05. The van der Waals surface area contributed by atoms with E-state index in [0.29, 0.717) is 58.9 Å². The van der Waals surface area contributed by atoms with E-state index in [4.69, 9.17) is 5.10 Å². The van der Waals surface area contributed by atoms with Gasteiger partial charge in [-0.2, -0.15) is 15.5 Å². The summed E-state index contributed by atoms with van der Waals surface area (Å²) in [6.45, 7) is 8.75. The molecule has 0 unspecified atom stereocenters. The number of aliphatic hydroxyl groups is 1. The van der Waals surface area contributed by atoms with E-state index in [1.807, 2.05) is 27.9 Å². The van der Waals surface area contributed by atoms with Crippen LogP contribution in [0.5, 0.6) is 0 Å². The van der Waals surface area contributed by atoms with Crippen LogP contribution in [0.3, 0.4) is 0 Å². The van der Waals surface area contributed by atoms with Crippen LogP contribution in [0, 0.1) is 23.0 Å². The number of likely N-dealkylation sites (tertiary alicyclic amines) is 2. The summed E-state index contributed by atoms with van der Waals surface area (Å²) >= 11 is 0. The van der Waals surface area contributed by atoms with Gasteiger partial charge in [0, 0.05) is 78.8 Å². The minimum absolute atomic E-state index is 0.0610. The number of imide groups is 1. The first-order chi connectivity index (χ1) is 29.3. The molecule has 3 aromatic heterocycles. The number of nitrogens with zero attached hydrogens (tertiary/aromatic N) is 8. The van der Waals surface area contributed by atoms with Gasteiger partial charge in [-0.3, -0.25) is 24.4 Å². The van der Waals surface area contributed by atoms with Crippen molar-refractivity contribution in [3.8, 4) is 6.07 Å². The lowest BCUT2D eigenvalue weighted by molar-refractivity contribution is -0.134. The highest BCUT2D eigenvalue weighted by Crippen LogP contribution is 2.36. The van der Waals surface area contributed by atoms with E-state index >= 15 is 8.78 Å². The molecule has 9 rings (SSSR count). The summed E-state index contributed by atoms with van der Waals surface area (Å²) in [5.41, 5.74) is 2.10. The van der Waals surface area contributed by atoms with Crippen molar-refractivity contribution in [2.24, 2.45) is 0 Å². The van der Waals surface area contributed by atoms with E-state index in [9.17, 15) is 24.8 Å². The molecule has 1 atom stereocenters. The van der Waals surface area contributed by atoms with Crippen LogP contribution in [0.15, 0.2) is 54.9 Å². The first-order valence-corrected chi connectivity index (χ1v) is 21.3. The van der Waals surface area contributed by atoms with Gasteiger partial charge >= 0.3 is 0 Å². The van der Waals surface area contributed by atoms with E-state index in [2.05, 4.69) is 31.6 Å². The summed E-state index contributed by atoms with van der Waals surface area (Å²) in [6.07, 6.45) is 9.54. The number of hydrogen-bond acceptors (Lipinski definition) is 10. The number of anilines is 2. The van der Waals surface area contributed by atoms with Gasteiger partial charge < -0.3 is 25.1 Å². The quantitative estimate of drug-likeness (QED) is 0.168. The number of piperidine rings is 4. The van der Waals surface area contributed by atoms with Gasteiger partial charge in [0.2, 0.25) is 11.8 Å². The molecule has 0 radical (unpaired) electrons. The molecule has 4 aliphatic rings. The van der Waals surface area contributed by atoms with Gasteiger partial charge in [-0.25, -0.2) is 13.3 Å². The minimum atomic E-state index is -1.25. The number of amides is 3. The zero-order valence-corrected chi connectivity index (χ0v) is 34.4. The SMILES string of the molecule is CC(C)(O)c1cc2nn(C3CCN(C4CCN(C5CCN(c6cc(F)c([C@H]7CCC(=O)NC7=O)c(F)c6)CC5)CC4)CC3)cc2cc1NC(=O)c1ccc2cc(C#N)cnn12. The van der Waals surface area contributed by atoms with E-state index < -0.39 is 35.0 Å². The average molecular weight is 833 g/mol. The Kier molecular flexibility index (Phi) is 10.8. The topological polar surface area (TPSA) is 164 Å². The molecule has 3 amide bonds. The monoisotopic (exact) mass is 832 g/mol. The molecule has 0 aliphatic carbocycles. The van der Waals surface area contributed by atoms with Crippen LogP contribution in [-0.4, -0.2) is 103 Å². The molecule has 0 spiro atoms. The van der Waals surface area contributed by atoms with Crippen LogP contribution in [0.25, 0.3) is 16.4 Å². The van der Waals surface area contributed by atoms with E-state index in [1.165, 1.54) is 22.8 Å². The maximum atomic E-state index is 15.2. The molecule has 2 aromatic carbocycles. The van der Waals surface area contributed by atoms with Crippen molar-refractivity contribution in [1.82, 2.24) is 34.5 Å². The molecule has 16 heteroatoms. The molecule has 0 saturated carbocycles. The van der Waals surface area contributed by atoms with Gasteiger partial charge in [-0.15, -0.1) is 0 Å². The molecule has 318 valence electrons. The third-order valence-electron chi connectivity index (χ3n) is 13.3. The number of fused-ring (bicyclic) bond motifs is 2. The van der Waals surface area contributed by atoms with Crippen molar-refractivity contribution in [2.75, 3.05) is 49.5 Å². The normalized spacial score (nSPS) is 20.7. The van der Waals surface area contributed by atoms with Crippen LogP contribution in [-0.2, 0) is 15.2 Å². The molecule has 61 heavy (non-hydrogen) atoms. The first-order valence-electron chi connectivity index (χ1n) is 21.3. The zero-order chi connectivity index (χ0) is 42.6. The fourth-order valence-electron chi connectivity index (χ4n) is 9.98. The largest absolute Gasteiger partial charge is 0.386 e. The molecule has 4 aliphatic heterocycles. The Morgan fingerprint density at radius 2 is 1.52 bits per heavy atom. The fourth-order valence-corrected chi connectivity index (χ4v) is 9.98. The molecule has 5 aromatic rings. The predicted molar refractivity (Wildman–Crippen MR) is 224 cm³/mol. The van der Waals surface area contributed by atoms with Crippen molar-refractivity contribution in [1.29, 1.82) is 5.26 Å². The lowest BCUT2D eigenvalue weighted by atomic mass is 9.89. The number of hydrogen-bond donors (Lipinski definition) is 3. The molecule has 3 N–H and O–H groups in total. The van der Waals surface area contributed by atoms with Gasteiger partial charge in [0.15, 0.2) is 0 Å². The highest BCUT2D eigenvalue weighted by atomic mass is 19.1. The molecular formula is C45H50F2N10O4. The average Bonchev–Trinajstić information content (AvgIpc) is 3.88. The van der Waals surface area contributed by atoms with Gasteiger partial charge in [0.1, 0.15) is 23.4 Å². The van der Waals surface area contributed by atoms with Gasteiger partial charge in [-0.1, -0.05) is 0 Å². The summed E-state index contributed by atoms with van der Waals surface area (Å²) in [6, 6.07) is 14.7. The Morgan fingerprint density at radius 1 is 0.885 bits per heavy atom. The molecule has 0 bridgehead atoms. The number of nitrogens with one attached hydrogen (secondary N) is 2. The molecule has 7 heterocycles. The lowest BCUT2D eigenvalue weighted by Gasteiger charge is -2.45. The van der Waals surface area contributed by atoms with E-state index in [1.54, 1.807) is 32.0 Å². The second kappa shape index (κ2) is 16.3. The van der Waals surface area contributed by atoms with Crippen molar-refractivity contribution < 1.29 is 28.3 Å². The lowest BCUT2D eigenvalue weighted by Crippen LogP contribution is -2.52. The smallest absolute Gasteiger partial charge is 0.274 e. The maximum Gasteiger partial charge on any atom is 0.274 e. The number of carbonyl (C=O) groups excluding carboxylic acids is 3. The third kappa shape index (κ3) is 8.09. The molecular weight excluding hydrogens is 783 g/mol. The predicted octanol–water partition coefficient (Wildman–Crippen LogP) is 5.60. The molecule has 4 saturated heterocycles. The summed E-state index contributed by atoms with van der Waals surface area (Å²) in [5, 5.41) is 35.7. The van der Waals surface area contributed by atoms with Crippen LogP contribution in [0.1, 0.15) is 104 Å². The molecule has 4 fully saturated rings. The Labute approximate surface area is 352 Å². The number of rotatable bonds is 8. The number of nitriles is 1. The Morgan fingerprint density at radius 3 is 2.15 bits per heavy atom. The van der Waals surface area contributed by atoms with Crippen molar-refractivity contribution in [2.45, 2.75) is 94.9 Å². The van der Waals surface area contributed by atoms with E-state index in [-0.39, 0.29) is 30.4 Å². The summed E-state index contributed by atoms with van der Waals surface area (Å²) < 4.78 is 34.0. The van der Waals surface area contributed by atoms with Crippen LogP contribution in [0.2, 0.25) is 0 Å². The standard InChI is InChI=1S/C45H50F2N10O4/c1-45(2,61)35-23-38-28(20-39(35)50-44(60)40-5-3-32-19-27(24-48)25-49-57(32)40)26-56(52-38)31-11-17-54(18-12-31)29-7-13-53(14-8-29)30-9-15-55(16-10-30)33-21-36(46)42(37(47)22-33)34-4-6-41(58)51-43(34)59/h3,5,19-23,25-26,29-31,34,61H,4,6-18H2,1-2H3,(H,50,60)(H,51,58,59)/t34-/m1/s1. The summed E-state index contributed by atoms with van der Waals surface area (Å²) in [7, 11) is 0. The first kappa shape index (κ1) is 40.6. The van der Waals surface area contributed by atoms with E-state index in [0.717, 1.165) is 75.6 Å². The highest BCUT2D eigenvalue weighted by Gasteiger charge is 2.35. The Bertz CT molecular complexity index is 2530. The van der Waals surface area contributed by atoms with Crippen molar-refractivity contribution in [3.05, 3.63) is 88.9 Å².